The van der Waals surface area contributed by atoms with Gasteiger partial charge in [-0.05, 0) is 59.7 Å². The molecule has 0 spiro atoms. The molecule has 1 aliphatic carbocycles. The Bertz CT molecular complexity index is 1360. The lowest BCUT2D eigenvalue weighted by atomic mass is 9.92. The minimum absolute atomic E-state index is 0.0474. The fourth-order valence-corrected chi connectivity index (χ4v) is 6.05. The normalized spacial score (nSPS) is 18.2. The first kappa shape index (κ1) is 29.7. The average molecular weight is 566 g/mol. The van der Waals surface area contributed by atoms with Crippen LogP contribution in [0.25, 0.3) is 0 Å². The van der Waals surface area contributed by atoms with Gasteiger partial charge in [-0.3, -0.25) is 4.79 Å². The number of amides is 1. The summed E-state index contributed by atoms with van der Waals surface area (Å²) in [6.45, 7) is 4.72. The van der Waals surface area contributed by atoms with E-state index in [2.05, 4.69) is 29.2 Å². The highest BCUT2D eigenvalue weighted by molar-refractivity contribution is 7.89. The van der Waals surface area contributed by atoms with E-state index in [-0.39, 0.29) is 23.8 Å². The maximum atomic E-state index is 13.5. The highest BCUT2D eigenvalue weighted by atomic mass is 32.2. The quantitative estimate of drug-likeness (QED) is 0.216. The monoisotopic (exact) mass is 565 g/mol. The van der Waals surface area contributed by atoms with E-state index in [1.807, 2.05) is 54.6 Å². The molecule has 5 N–H and O–H groups in total. The molecule has 214 valence electrons. The average Bonchev–Trinajstić information content (AvgIpc) is 3.25. The van der Waals surface area contributed by atoms with Crippen molar-refractivity contribution in [3.05, 3.63) is 95.6 Å². The molecule has 9 heteroatoms. The van der Waals surface area contributed by atoms with E-state index in [0.717, 1.165) is 28.9 Å². The van der Waals surface area contributed by atoms with Crippen LogP contribution in [0.2, 0.25) is 0 Å². The molecule has 0 unspecified atom stereocenters. The molecule has 0 radical (unpaired) electrons. The number of benzene rings is 3. The number of hydrogen-bond donors (Lipinski definition) is 5. The molecule has 0 fully saturated rings. The van der Waals surface area contributed by atoms with Crippen LogP contribution in [0.5, 0.6) is 0 Å². The van der Waals surface area contributed by atoms with Gasteiger partial charge in [-0.25, -0.2) is 13.1 Å². The highest BCUT2D eigenvalue weighted by Crippen LogP contribution is 2.32. The Labute approximate surface area is 236 Å². The number of anilines is 1. The van der Waals surface area contributed by atoms with Gasteiger partial charge in [0.05, 0.1) is 23.1 Å². The molecule has 0 aliphatic heterocycles. The zero-order valence-corrected chi connectivity index (χ0v) is 23.8. The van der Waals surface area contributed by atoms with Gasteiger partial charge in [0, 0.05) is 31.1 Å². The van der Waals surface area contributed by atoms with E-state index in [1.165, 1.54) is 12.1 Å². The van der Waals surface area contributed by atoms with Gasteiger partial charge in [-0.1, -0.05) is 68.4 Å². The zero-order chi connectivity index (χ0) is 28.7. The van der Waals surface area contributed by atoms with E-state index in [0.29, 0.717) is 18.8 Å². The van der Waals surface area contributed by atoms with Crippen LogP contribution in [-0.2, 0) is 27.7 Å². The van der Waals surface area contributed by atoms with E-state index in [9.17, 15) is 23.4 Å². The molecule has 0 bridgehead atoms. The van der Waals surface area contributed by atoms with Gasteiger partial charge in [0.15, 0.2) is 0 Å². The summed E-state index contributed by atoms with van der Waals surface area (Å²) in [4.78, 5) is 13.6. The van der Waals surface area contributed by atoms with Crippen LogP contribution in [-0.4, -0.2) is 49.8 Å². The number of aliphatic hydroxyl groups excluding tert-OH is 2. The second-order valence-corrected chi connectivity index (χ2v) is 12.7. The van der Waals surface area contributed by atoms with Crippen LogP contribution in [0, 0.1) is 11.8 Å². The SMILES string of the molecule is CC(C)CNc1ccc(S(=O)(=O)NC[C@@H](O)C[C@@H](Cc2ccccc2)C(=O)N[C@H]2c3ccccc3C[C@H]2O)cc1. The molecular weight excluding hydrogens is 526 g/mol. The summed E-state index contributed by atoms with van der Waals surface area (Å²) < 4.78 is 28.2. The van der Waals surface area contributed by atoms with Crippen LogP contribution in [0.15, 0.2) is 83.8 Å². The molecule has 0 saturated carbocycles. The van der Waals surface area contributed by atoms with E-state index in [4.69, 9.17) is 0 Å². The fourth-order valence-electron chi connectivity index (χ4n) is 4.98. The summed E-state index contributed by atoms with van der Waals surface area (Å²) in [5, 5.41) is 27.7. The topological polar surface area (TPSA) is 128 Å². The molecule has 4 rings (SSSR count). The Morgan fingerprint density at radius 2 is 1.62 bits per heavy atom. The van der Waals surface area contributed by atoms with Crippen molar-refractivity contribution in [1.82, 2.24) is 10.0 Å². The Morgan fingerprint density at radius 1 is 0.950 bits per heavy atom. The van der Waals surface area contributed by atoms with Gasteiger partial charge < -0.3 is 20.8 Å². The molecule has 4 atom stereocenters. The molecule has 3 aromatic rings. The molecule has 1 amide bonds. The first-order valence-corrected chi connectivity index (χ1v) is 15.2. The lowest BCUT2D eigenvalue weighted by Crippen LogP contribution is -2.41. The van der Waals surface area contributed by atoms with Crippen molar-refractivity contribution in [2.75, 3.05) is 18.4 Å². The number of carbonyl (C=O) groups is 1. The van der Waals surface area contributed by atoms with Gasteiger partial charge in [-0.15, -0.1) is 0 Å². The predicted molar refractivity (Wildman–Crippen MR) is 156 cm³/mol. The Kier molecular flexibility index (Phi) is 9.97. The van der Waals surface area contributed by atoms with Crippen LogP contribution in [0.3, 0.4) is 0 Å². The Morgan fingerprint density at radius 3 is 2.33 bits per heavy atom. The summed E-state index contributed by atoms with van der Waals surface area (Å²) >= 11 is 0. The highest BCUT2D eigenvalue weighted by Gasteiger charge is 2.34. The number of nitrogens with one attached hydrogen (secondary N) is 3. The maximum Gasteiger partial charge on any atom is 0.240 e. The third-order valence-electron chi connectivity index (χ3n) is 7.14. The number of aliphatic hydroxyl groups is 2. The number of sulfonamides is 1. The predicted octanol–water partition coefficient (Wildman–Crippen LogP) is 3.42. The summed E-state index contributed by atoms with van der Waals surface area (Å²) in [5.74, 6) is -0.470. The summed E-state index contributed by atoms with van der Waals surface area (Å²) in [6.07, 6.45) is -0.953. The molecule has 8 nitrogen and oxygen atoms in total. The largest absolute Gasteiger partial charge is 0.392 e. The lowest BCUT2D eigenvalue weighted by Gasteiger charge is -2.24. The zero-order valence-electron chi connectivity index (χ0n) is 23.0. The van der Waals surface area contributed by atoms with E-state index in [1.54, 1.807) is 12.1 Å². The maximum absolute atomic E-state index is 13.5. The summed E-state index contributed by atoms with van der Waals surface area (Å²) in [7, 11) is -3.85. The second-order valence-electron chi connectivity index (χ2n) is 10.9. The van der Waals surface area contributed by atoms with Crippen LogP contribution < -0.4 is 15.4 Å². The summed E-state index contributed by atoms with van der Waals surface area (Å²) in [6, 6.07) is 23.0. The van der Waals surface area contributed by atoms with Crippen molar-refractivity contribution < 1.29 is 23.4 Å². The van der Waals surface area contributed by atoms with Crippen LogP contribution >= 0.6 is 0 Å². The molecule has 1 aliphatic rings. The Hall–Kier alpha value is -3.24. The summed E-state index contributed by atoms with van der Waals surface area (Å²) in [5.41, 5.74) is 3.64. The van der Waals surface area contributed by atoms with E-state index >= 15 is 0 Å². The first-order chi connectivity index (χ1) is 19.1. The van der Waals surface area contributed by atoms with Gasteiger partial charge >= 0.3 is 0 Å². The van der Waals surface area contributed by atoms with Crippen LogP contribution in [0.1, 0.15) is 43.0 Å². The molecule has 0 saturated heterocycles. The van der Waals surface area contributed by atoms with Crippen molar-refractivity contribution in [2.24, 2.45) is 11.8 Å². The minimum atomic E-state index is -3.85. The lowest BCUT2D eigenvalue weighted by molar-refractivity contribution is -0.127. The molecular formula is C31H39N3O5S. The third-order valence-corrected chi connectivity index (χ3v) is 8.58. The fraction of sp³-hybridized carbons (Fsp3) is 0.387. The van der Waals surface area contributed by atoms with Crippen molar-refractivity contribution in [3.8, 4) is 0 Å². The molecule has 0 aromatic heterocycles. The Balaban J connectivity index is 1.40. The van der Waals surface area contributed by atoms with Gasteiger partial charge in [0.25, 0.3) is 0 Å². The van der Waals surface area contributed by atoms with Crippen molar-refractivity contribution in [2.45, 2.75) is 56.3 Å². The van der Waals surface area contributed by atoms with E-state index < -0.39 is 34.2 Å². The van der Waals surface area contributed by atoms with Crippen molar-refractivity contribution in [1.29, 1.82) is 0 Å². The number of fused-ring (bicyclic) bond motifs is 1. The number of carbonyl (C=O) groups excluding carboxylic acids is 1. The third kappa shape index (κ3) is 7.91. The number of hydrogen-bond acceptors (Lipinski definition) is 6. The molecule has 3 aromatic carbocycles. The smallest absolute Gasteiger partial charge is 0.240 e. The van der Waals surface area contributed by atoms with Crippen LogP contribution in [0.4, 0.5) is 5.69 Å². The molecule has 40 heavy (non-hydrogen) atoms. The van der Waals surface area contributed by atoms with Crippen molar-refractivity contribution >= 4 is 21.6 Å². The van der Waals surface area contributed by atoms with Gasteiger partial charge in [0.2, 0.25) is 15.9 Å². The first-order valence-electron chi connectivity index (χ1n) is 13.7. The van der Waals surface area contributed by atoms with Gasteiger partial charge in [-0.2, -0.15) is 0 Å². The van der Waals surface area contributed by atoms with Gasteiger partial charge in [0.1, 0.15) is 0 Å². The number of rotatable bonds is 13. The molecule has 0 heterocycles. The van der Waals surface area contributed by atoms with Crippen molar-refractivity contribution in [3.63, 3.8) is 0 Å². The standard InChI is InChI=1S/C31H39N3O5S/c1-21(2)19-32-25-12-14-27(15-13-25)40(38,39)33-20-26(35)17-24(16-22-8-4-3-5-9-22)31(37)34-30-28-11-7-6-10-23(28)18-29(30)36/h3-15,21,24,26,29-30,32-33,35-36H,16-20H2,1-2H3,(H,34,37)/t24-,26+,29-,30+/m1/s1. The minimum Gasteiger partial charge on any atom is -0.392 e. The second kappa shape index (κ2) is 13.4.